The van der Waals surface area contributed by atoms with E-state index < -0.39 is 17.7 Å². The average molecular weight is 728 g/mol. The lowest BCUT2D eigenvalue weighted by atomic mass is 9.99. The Morgan fingerprint density at radius 1 is 1.22 bits per heavy atom. The summed E-state index contributed by atoms with van der Waals surface area (Å²) in [5.74, 6) is 1.82. The molecule has 2 aliphatic heterocycles. The van der Waals surface area contributed by atoms with Gasteiger partial charge >= 0.3 is 11.8 Å². The molecule has 0 spiro atoms. The van der Waals surface area contributed by atoms with Gasteiger partial charge in [-0.25, -0.2) is 4.98 Å². The minimum Gasteiger partial charge on any atom is -0.490 e. The second kappa shape index (κ2) is 13.9. The Morgan fingerprint density at radius 2 is 2.02 bits per heavy atom. The monoisotopic (exact) mass is 727 g/mol. The molecule has 254 valence electrons. The van der Waals surface area contributed by atoms with Crippen molar-refractivity contribution in [2.24, 2.45) is 10.2 Å². The Balaban J connectivity index is 1.28. The van der Waals surface area contributed by atoms with E-state index in [1.807, 2.05) is 5.38 Å². The maximum atomic E-state index is 13.9. The SMILES string of the molecule is C#CCOCCOc1cc(C2(C(F)(F)F)N=N2)ccc1C(=O)N1CCc2c(sc3nc(SCC(=O)c4cccs4)n(CC(=C)C)c(=O)c23)C1. The number of amides is 1. The first-order chi connectivity index (χ1) is 23.4. The molecule has 2 aliphatic rings. The van der Waals surface area contributed by atoms with Crippen LogP contribution in [0.4, 0.5) is 13.2 Å². The summed E-state index contributed by atoms with van der Waals surface area (Å²) < 4.78 is 53.8. The number of ether oxygens (including phenoxy) is 2. The summed E-state index contributed by atoms with van der Waals surface area (Å²) in [5, 5.41) is 9.22. The normalized spacial score (nSPS) is 14.8. The van der Waals surface area contributed by atoms with Crippen molar-refractivity contribution in [1.29, 1.82) is 0 Å². The molecule has 10 nitrogen and oxygen atoms in total. The molecule has 0 fully saturated rings. The van der Waals surface area contributed by atoms with Crippen molar-refractivity contribution in [1.82, 2.24) is 14.5 Å². The van der Waals surface area contributed by atoms with Crippen molar-refractivity contribution in [3.8, 4) is 18.1 Å². The Bertz CT molecular complexity index is 2080. The van der Waals surface area contributed by atoms with Crippen LogP contribution in [0.2, 0.25) is 0 Å². The molecular weight excluding hydrogens is 700 g/mol. The number of fused-ring (bicyclic) bond motifs is 3. The van der Waals surface area contributed by atoms with Crippen LogP contribution in [-0.2, 0) is 29.9 Å². The number of carbonyl (C=O) groups excluding carboxylic acids is 2. The number of nitrogens with zero attached hydrogens (tertiary/aromatic N) is 5. The number of allylic oxidation sites excluding steroid dienone is 1. The van der Waals surface area contributed by atoms with Crippen LogP contribution in [0.3, 0.4) is 0 Å². The van der Waals surface area contributed by atoms with Crippen molar-refractivity contribution in [2.75, 3.05) is 32.1 Å². The summed E-state index contributed by atoms with van der Waals surface area (Å²) in [6.07, 6.45) is 0.794. The number of aromatic nitrogens is 2. The molecule has 0 bridgehead atoms. The summed E-state index contributed by atoms with van der Waals surface area (Å²) in [6.45, 7) is 6.40. The molecule has 0 aliphatic carbocycles. The lowest BCUT2D eigenvalue weighted by molar-refractivity contribution is -0.166. The largest absolute Gasteiger partial charge is 0.490 e. The van der Waals surface area contributed by atoms with Gasteiger partial charge in [-0.1, -0.05) is 42.0 Å². The van der Waals surface area contributed by atoms with E-state index in [2.05, 4.69) is 22.7 Å². The van der Waals surface area contributed by atoms with E-state index in [9.17, 15) is 27.6 Å². The fourth-order valence-electron chi connectivity index (χ4n) is 5.38. The van der Waals surface area contributed by atoms with Gasteiger partial charge in [0.05, 0.1) is 34.7 Å². The zero-order valence-electron chi connectivity index (χ0n) is 26.0. The molecule has 6 rings (SSSR count). The minimum atomic E-state index is -4.76. The molecule has 1 aromatic carbocycles. The maximum absolute atomic E-state index is 13.9. The van der Waals surface area contributed by atoms with Gasteiger partial charge in [0.25, 0.3) is 11.5 Å². The number of carbonyl (C=O) groups is 2. The third-order valence-corrected chi connectivity index (χ3v) is 10.7. The summed E-state index contributed by atoms with van der Waals surface area (Å²) in [6, 6.07) is 7.15. The van der Waals surface area contributed by atoms with Gasteiger partial charge in [-0.3, -0.25) is 19.0 Å². The van der Waals surface area contributed by atoms with Crippen LogP contribution >= 0.6 is 34.4 Å². The highest BCUT2D eigenvalue weighted by molar-refractivity contribution is 7.99. The predicted molar refractivity (Wildman–Crippen MR) is 181 cm³/mol. The maximum Gasteiger partial charge on any atom is 0.442 e. The Labute approximate surface area is 290 Å². The van der Waals surface area contributed by atoms with Gasteiger partial charge in [0.1, 0.15) is 23.8 Å². The number of rotatable bonds is 13. The van der Waals surface area contributed by atoms with E-state index in [1.54, 1.807) is 24.0 Å². The van der Waals surface area contributed by atoms with Gasteiger partial charge in [0, 0.05) is 23.5 Å². The molecular formula is C33H28F3N5O5S3. The molecule has 0 saturated heterocycles. The fourth-order valence-corrected chi connectivity index (χ4v) is 8.29. The highest BCUT2D eigenvalue weighted by Crippen LogP contribution is 2.53. The number of hydrogen-bond donors (Lipinski definition) is 0. The smallest absolute Gasteiger partial charge is 0.442 e. The molecule has 0 atom stereocenters. The number of terminal acetylenes is 1. The first kappa shape index (κ1) is 34.6. The van der Waals surface area contributed by atoms with Crippen molar-refractivity contribution < 1.29 is 32.2 Å². The number of Topliss-reactive ketones (excluding diaryl/α,β-unsaturated/α-hetero) is 1. The first-order valence-electron chi connectivity index (χ1n) is 14.9. The predicted octanol–water partition coefficient (Wildman–Crippen LogP) is 6.48. The van der Waals surface area contributed by atoms with E-state index in [0.717, 1.165) is 22.1 Å². The molecule has 3 aromatic heterocycles. The summed E-state index contributed by atoms with van der Waals surface area (Å²) in [4.78, 5) is 48.8. The van der Waals surface area contributed by atoms with Crippen LogP contribution in [0, 0.1) is 12.3 Å². The lowest BCUT2D eigenvalue weighted by Gasteiger charge is -2.28. The van der Waals surface area contributed by atoms with E-state index in [4.69, 9.17) is 20.9 Å². The van der Waals surface area contributed by atoms with Crippen LogP contribution in [0.1, 0.15) is 43.0 Å². The van der Waals surface area contributed by atoms with Crippen molar-refractivity contribution in [3.05, 3.63) is 84.7 Å². The number of thiophene rings is 2. The molecule has 5 heterocycles. The molecule has 0 radical (unpaired) electrons. The molecule has 0 saturated carbocycles. The molecule has 16 heteroatoms. The molecule has 1 amide bonds. The Kier molecular flexibility index (Phi) is 9.81. The van der Waals surface area contributed by atoms with Gasteiger partial charge in [0.2, 0.25) is 0 Å². The zero-order chi connectivity index (χ0) is 34.9. The number of hydrogen-bond acceptors (Lipinski definition) is 11. The average Bonchev–Trinajstić information content (AvgIpc) is 3.56. The van der Waals surface area contributed by atoms with Gasteiger partial charge in [-0.15, -0.1) is 39.3 Å². The van der Waals surface area contributed by atoms with Crippen LogP contribution in [0.25, 0.3) is 10.2 Å². The Hall–Kier alpha value is -4.30. The highest BCUT2D eigenvalue weighted by Gasteiger charge is 2.65. The van der Waals surface area contributed by atoms with Gasteiger partial charge in [-0.05, 0) is 42.5 Å². The Morgan fingerprint density at radius 3 is 2.69 bits per heavy atom. The second-order valence-corrected chi connectivity index (χ2v) is 14.3. The lowest BCUT2D eigenvalue weighted by Crippen LogP contribution is -2.36. The van der Waals surface area contributed by atoms with E-state index in [0.29, 0.717) is 26.7 Å². The minimum absolute atomic E-state index is 0.0238. The van der Waals surface area contributed by atoms with Crippen molar-refractivity contribution >= 4 is 56.3 Å². The number of thioether (sulfide) groups is 1. The summed E-state index contributed by atoms with van der Waals surface area (Å²) in [5.41, 5.74) is -1.62. The van der Waals surface area contributed by atoms with Crippen LogP contribution < -0.4 is 10.3 Å². The number of alkyl halides is 3. The van der Waals surface area contributed by atoms with Crippen molar-refractivity contribution in [2.45, 2.75) is 43.4 Å². The summed E-state index contributed by atoms with van der Waals surface area (Å²) >= 11 is 3.83. The second-order valence-electron chi connectivity index (χ2n) is 11.3. The molecule has 0 unspecified atom stereocenters. The van der Waals surface area contributed by atoms with E-state index >= 15 is 0 Å². The number of ketones is 1. The van der Waals surface area contributed by atoms with Crippen molar-refractivity contribution in [3.63, 3.8) is 0 Å². The van der Waals surface area contributed by atoms with E-state index in [1.165, 1.54) is 51.1 Å². The molecule has 4 aromatic rings. The number of benzene rings is 1. The van der Waals surface area contributed by atoms with Crippen LogP contribution in [0.15, 0.2) is 68.0 Å². The third-order valence-electron chi connectivity index (χ3n) is 7.75. The van der Waals surface area contributed by atoms with Gasteiger partial charge in [0.15, 0.2) is 10.9 Å². The molecule has 0 N–H and O–H groups in total. The zero-order valence-corrected chi connectivity index (χ0v) is 28.5. The highest BCUT2D eigenvalue weighted by atomic mass is 32.2. The third kappa shape index (κ3) is 6.93. The van der Waals surface area contributed by atoms with Crippen LogP contribution in [0.5, 0.6) is 5.75 Å². The first-order valence-corrected chi connectivity index (χ1v) is 17.6. The topological polar surface area (TPSA) is 115 Å². The van der Waals surface area contributed by atoms with Gasteiger partial charge in [-0.2, -0.15) is 13.2 Å². The van der Waals surface area contributed by atoms with Crippen LogP contribution in [-0.4, -0.2) is 64.4 Å². The molecule has 49 heavy (non-hydrogen) atoms. The van der Waals surface area contributed by atoms with Gasteiger partial charge < -0.3 is 14.4 Å². The number of halogens is 3. The summed E-state index contributed by atoms with van der Waals surface area (Å²) in [7, 11) is 0. The standard InChI is InChI=1S/C33H28F3N5O5S3/c1-4-11-45-12-13-46-24-15-20(32(38-39-32)33(34,35)36)7-8-21(24)29(43)40-10-9-22-26(17-40)49-28-27(22)30(44)41(16-19(2)3)31(37-28)48-18-23(42)25-6-5-14-47-25/h1,5-8,14-15H,2,9-13,16-18H2,3H3. The van der Waals surface area contributed by atoms with E-state index in [-0.39, 0.29) is 73.4 Å². The quantitative estimate of drug-likeness (QED) is 0.0387. The fraction of sp³-hybridized carbons (Fsp3) is 0.333.